The summed E-state index contributed by atoms with van der Waals surface area (Å²) >= 11 is 0. The van der Waals surface area contributed by atoms with Gasteiger partial charge in [-0.15, -0.1) is 10.2 Å². The summed E-state index contributed by atoms with van der Waals surface area (Å²) in [7, 11) is -4.46. The fourth-order valence-electron chi connectivity index (χ4n) is 3.06. The third kappa shape index (κ3) is 5.48. The number of rotatable bonds is 5. The van der Waals surface area contributed by atoms with E-state index in [2.05, 4.69) is 15.2 Å². The van der Waals surface area contributed by atoms with Crippen molar-refractivity contribution in [3.05, 3.63) is 90.3 Å². The Balaban J connectivity index is 0.00000193. The Hall–Kier alpha value is -2.88. The van der Waals surface area contributed by atoms with Gasteiger partial charge < -0.3 is 7.16 Å². The standard InChI is InChI=1S/C23H18N4O3S.Na.H/c24-23-20-9-5-4-8-19(20)22(31(28,29)30)14-21(23)27-26-18-13-12-17(25-15-18)11-10-16-6-2-1-3-7-16;;/h1-15H,24H2,(H,28,29,30);;/q;+1;-1/b11-10+,27-26?;;. The molecule has 4 aromatic rings. The predicted octanol–water partition coefficient (Wildman–Crippen LogP) is 2.77. The van der Waals surface area contributed by atoms with E-state index in [0.717, 1.165) is 11.3 Å². The summed E-state index contributed by atoms with van der Waals surface area (Å²) in [5, 5.41) is 8.98. The third-order valence-corrected chi connectivity index (χ3v) is 5.49. The van der Waals surface area contributed by atoms with Crippen LogP contribution in [0.1, 0.15) is 12.7 Å². The van der Waals surface area contributed by atoms with Gasteiger partial charge in [-0.1, -0.05) is 60.7 Å². The van der Waals surface area contributed by atoms with E-state index in [-0.39, 0.29) is 47.3 Å². The number of anilines is 1. The minimum absolute atomic E-state index is 0. The molecule has 0 atom stereocenters. The Bertz CT molecular complexity index is 1410. The van der Waals surface area contributed by atoms with Gasteiger partial charge in [0.2, 0.25) is 0 Å². The average molecular weight is 454 g/mol. The first kappa shape index (κ1) is 23.8. The largest absolute Gasteiger partial charge is 1.00 e. The molecule has 32 heavy (non-hydrogen) atoms. The number of azo groups is 1. The van der Waals surface area contributed by atoms with Crippen molar-refractivity contribution >= 4 is 50.1 Å². The van der Waals surface area contributed by atoms with Crippen LogP contribution in [0.2, 0.25) is 0 Å². The fraction of sp³-hybridized carbons (Fsp3) is 0. The Morgan fingerprint density at radius 3 is 2.25 bits per heavy atom. The van der Waals surface area contributed by atoms with Gasteiger partial charge in [0.1, 0.15) is 16.3 Å². The molecule has 0 amide bonds. The molecule has 0 fully saturated rings. The van der Waals surface area contributed by atoms with E-state index < -0.39 is 10.1 Å². The van der Waals surface area contributed by atoms with Gasteiger partial charge in [-0.05, 0) is 29.8 Å². The molecule has 9 heteroatoms. The Labute approximate surface area is 209 Å². The molecule has 4 rings (SSSR count). The summed E-state index contributed by atoms with van der Waals surface area (Å²) in [6.07, 6.45) is 5.39. The topological polar surface area (TPSA) is 118 Å². The maximum atomic E-state index is 11.8. The normalized spacial score (nSPS) is 11.8. The van der Waals surface area contributed by atoms with Gasteiger partial charge in [0, 0.05) is 10.8 Å². The summed E-state index contributed by atoms with van der Waals surface area (Å²) in [5.74, 6) is 0. The molecule has 7 nitrogen and oxygen atoms in total. The molecule has 0 aliphatic rings. The minimum Gasteiger partial charge on any atom is -1.00 e. The number of pyridine rings is 1. The SMILES string of the molecule is Nc1c(N=Nc2ccc(/C=C/c3ccccc3)nc2)cc(S(=O)(=O)O)c2ccccc12.[H-].[Na+]. The molecule has 0 spiro atoms. The monoisotopic (exact) mass is 454 g/mol. The molecule has 3 N–H and O–H groups in total. The van der Waals surface area contributed by atoms with Gasteiger partial charge in [0.05, 0.1) is 17.6 Å². The molecule has 1 heterocycles. The van der Waals surface area contributed by atoms with Crippen molar-refractivity contribution < 1.29 is 44.0 Å². The molecular weight excluding hydrogens is 435 g/mol. The van der Waals surface area contributed by atoms with Crippen LogP contribution in [-0.4, -0.2) is 18.0 Å². The van der Waals surface area contributed by atoms with Crippen molar-refractivity contribution in [2.75, 3.05) is 5.73 Å². The van der Waals surface area contributed by atoms with Gasteiger partial charge in [-0.3, -0.25) is 9.54 Å². The first-order chi connectivity index (χ1) is 14.9. The zero-order valence-electron chi connectivity index (χ0n) is 18.3. The number of nitrogen functional groups attached to an aromatic ring is 1. The van der Waals surface area contributed by atoms with Crippen molar-refractivity contribution in [3.63, 3.8) is 0 Å². The maximum Gasteiger partial charge on any atom is 1.00 e. The molecule has 3 aromatic carbocycles. The van der Waals surface area contributed by atoms with Gasteiger partial charge in [-0.2, -0.15) is 8.42 Å². The second kappa shape index (κ2) is 10.2. The summed E-state index contributed by atoms with van der Waals surface area (Å²) in [6, 6.07) is 21.2. The van der Waals surface area contributed by atoms with Crippen LogP contribution in [0.4, 0.5) is 17.1 Å². The van der Waals surface area contributed by atoms with Gasteiger partial charge in [0.15, 0.2) is 0 Å². The quantitative estimate of drug-likeness (QED) is 0.208. The summed E-state index contributed by atoms with van der Waals surface area (Å²) in [6.45, 7) is 0. The second-order valence-corrected chi connectivity index (χ2v) is 8.10. The molecule has 0 saturated carbocycles. The smallest absolute Gasteiger partial charge is 1.00 e. The average Bonchev–Trinajstić information content (AvgIpc) is 2.78. The molecule has 0 unspecified atom stereocenters. The zero-order valence-corrected chi connectivity index (χ0v) is 20.1. The molecule has 0 saturated heterocycles. The van der Waals surface area contributed by atoms with Crippen molar-refractivity contribution in [1.29, 1.82) is 0 Å². The number of nitrogens with two attached hydrogens (primary N) is 1. The second-order valence-electron chi connectivity index (χ2n) is 6.71. The van der Waals surface area contributed by atoms with Crippen LogP contribution in [0.3, 0.4) is 0 Å². The first-order valence-electron chi connectivity index (χ1n) is 9.31. The molecule has 0 bridgehead atoms. The van der Waals surface area contributed by atoms with Crippen LogP contribution in [0.15, 0.2) is 94.1 Å². The number of hydrogen-bond acceptors (Lipinski definition) is 6. The Kier molecular flexibility index (Phi) is 7.55. The molecule has 1 aromatic heterocycles. The third-order valence-electron chi connectivity index (χ3n) is 4.59. The minimum atomic E-state index is -4.46. The van der Waals surface area contributed by atoms with E-state index in [1.807, 2.05) is 42.5 Å². The number of benzene rings is 3. The summed E-state index contributed by atoms with van der Waals surface area (Å²) in [4.78, 5) is 4.06. The van der Waals surface area contributed by atoms with Gasteiger partial charge >= 0.3 is 29.6 Å². The summed E-state index contributed by atoms with van der Waals surface area (Å²) < 4.78 is 33.2. The first-order valence-corrected chi connectivity index (χ1v) is 10.8. The Morgan fingerprint density at radius 1 is 0.906 bits per heavy atom. The number of aromatic nitrogens is 1. The molecular formula is C23H19N4NaO3S. The van der Waals surface area contributed by atoms with E-state index in [0.29, 0.717) is 16.5 Å². The van der Waals surface area contributed by atoms with Crippen LogP contribution in [0.25, 0.3) is 22.9 Å². The summed E-state index contributed by atoms with van der Waals surface area (Å²) in [5.41, 5.74) is 8.85. The predicted molar refractivity (Wildman–Crippen MR) is 123 cm³/mol. The number of fused-ring (bicyclic) bond motifs is 1. The fourth-order valence-corrected chi connectivity index (χ4v) is 3.78. The Morgan fingerprint density at radius 2 is 1.59 bits per heavy atom. The van der Waals surface area contributed by atoms with Crippen LogP contribution in [0, 0.1) is 0 Å². The zero-order chi connectivity index (χ0) is 21.8. The van der Waals surface area contributed by atoms with Crippen molar-refractivity contribution in [3.8, 4) is 0 Å². The van der Waals surface area contributed by atoms with Crippen molar-refractivity contribution in [2.45, 2.75) is 4.90 Å². The van der Waals surface area contributed by atoms with Gasteiger partial charge in [0.25, 0.3) is 10.1 Å². The maximum absolute atomic E-state index is 11.8. The van der Waals surface area contributed by atoms with Crippen LogP contribution >= 0.6 is 0 Å². The van der Waals surface area contributed by atoms with Crippen LogP contribution in [0.5, 0.6) is 0 Å². The van der Waals surface area contributed by atoms with Gasteiger partial charge in [-0.25, -0.2) is 0 Å². The van der Waals surface area contributed by atoms with Crippen molar-refractivity contribution in [1.82, 2.24) is 4.98 Å². The van der Waals surface area contributed by atoms with Crippen molar-refractivity contribution in [2.24, 2.45) is 10.2 Å². The molecule has 156 valence electrons. The number of nitrogens with zero attached hydrogens (tertiary/aromatic N) is 3. The van der Waals surface area contributed by atoms with E-state index in [1.165, 1.54) is 6.07 Å². The van der Waals surface area contributed by atoms with E-state index in [4.69, 9.17) is 5.73 Å². The van der Waals surface area contributed by atoms with E-state index in [9.17, 15) is 13.0 Å². The van der Waals surface area contributed by atoms with Crippen LogP contribution < -0.4 is 35.3 Å². The van der Waals surface area contributed by atoms with E-state index >= 15 is 0 Å². The molecule has 0 aliphatic carbocycles. The molecule has 0 aliphatic heterocycles. The molecule has 0 radical (unpaired) electrons. The van der Waals surface area contributed by atoms with Crippen LogP contribution in [-0.2, 0) is 10.1 Å². The van der Waals surface area contributed by atoms with E-state index in [1.54, 1.807) is 42.6 Å². The number of hydrogen-bond donors (Lipinski definition) is 2.